The number of pyridine rings is 1. The van der Waals surface area contributed by atoms with Gasteiger partial charge in [-0.15, -0.1) is 0 Å². The Morgan fingerprint density at radius 2 is 2.36 bits per heavy atom. The zero-order chi connectivity index (χ0) is 8.27. The maximum absolute atomic E-state index is 5.43. The van der Waals surface area contributed by atoms with Crippen LogP contribution in [0.4, 0.5) is 0 Å². The Kier molecular flexibility index (Phi) is 2.84. The number of aromatic nitrogens is 1. The van der Waals surface area contributed by atoms with Crippen LogP contribution >= 0.6 is 15.9 Å². The Morgan fingerprint density at radius 1 is 1.64 bits per heavy atom. The lowest BCUT2D eigenvalue weighted by atomic mass is 10.3. The maximum atomic E-state index is 5.43. The van der Waals surface area contributed by atoms with E-state index >= 15 is 0 Å². The fraction of sp³-hybridized carbons (Fsp3) is 0.286. The first kappa shape index (κ1) is 8.49. The highest BCUT2D eigenvalue weighted by molar-refractivity contribution is 9.10. The van der Waals surface area contributed by atoms with Crippen LogP contribution in [-0.2, 0) is 6.54 Å². The fourth-order valence-electron chi connectivity index (χ4n) is 0.794. The fourth-order valence-corrected chi connectivity index (χ4v) is 1.14. The number of ether oxygens (including phenoxy) is 1. The van der Waals surface area contributed by atoms with E-state index in [1.807, 2.05) is 12.1 Å². The molecule has 0 bridgehead atoms. The van der Waals surface area contributed by atoms with Crippen molar-refractivity contribution in [2.24, 2.45) is 5.73 Å². The Bertz CT molecular complexity index is 252. The lowest BCUT2D eigenvalue weighted by Gasteiger charge is -2.04. The minimum absolute atomic E-state index is 0.391. The third-order valence-electron chi connectivity index (χ3n) is 1.31. The second-order valence-corrected chi connectivity index (χ2v) is 2.80. The number of hydrogen-bond donors (Lipinski definition) is 1. The first-order valence-corrected chi connectivity index (χ1v) is 3.96. The van der Waals surface area contributed by atoms with Crippen LogP contribution in [0.3, 0.4) is 0 Å². The van der Waals surface area contributed by atoms with Crippen molar-refractivity contribution in [3.8, 4) is 5.75 Å². The first-order valence-electron chi connectivity index (χ1n) is 3.17. The average Bonchev–Trinajstić information content (AvgIpc) is 2.04. The van der Waals surface area contributed by atoms with E-state index in [1.54, 1.807) is 7.11 Å². The zero-order valence-electron chi connectivity index (χ0n) is 6.17. The molecule has 4 heteroatoms. The molecule has 0 aromatic carbocycles. The van der Waals surface area contributed by atoms with Gasteiger partial charge in [-0.3, -0.25) is 0 Å². The van der Waals surface area contributed by atoms with Gasteiger partial charge in [0.05, 0.1) is 12.8 Å². The summed E-state index contributed by atoms with van der Waals surface area (Å²) >= 11 is 3.24. The minimum atomic E-state index is 0.391. The molecule has 11 heavy (non-hydrogen) atoms. The van der Waals surface area contributed by atoms with Crippen molar-refractivity contribution in [2.45, 2.75) is 6.54 Å². The molecule has 0 aliphatic heterocycles. The smallest absolute Gasteiger partial charge is 0.141 e. The maximum Gasteiger partial charge on any atom is 0.141 e. The van der Waals surface area contributed by atoms with Crippen molar-refractivity contribution in [1.82, 2.24) is 4.98 Å². The van der Waals surface area contributed by atoms with Crippen LogP contribution in [0.25, 0.3) is 0 Å². The van der Waals surface area contributed by atoms with Crippen LogP contribution in [0.1, 0.15) is 5.69 Å². The van der Waals surface area contributed by atoms with Crippen LogP contribution in [0, 0.1) is 0 Å². The van der Waals surface area contributed by atoms with Gasteiger partial charge in [-0.25, -0.2) is 4.98 Å². The van der Waals surface area contributed by atoms with Crippen molar-refractivity contribution in [3.63, 3.8) is 0 Å². The van der Waals surface area contributed by atoms with Gasteiger partial charge in [-0.05, 0) is 28.1 Å². The summed E-state index contributed by atoms with van der Waals surface area (Å²) in [7, 11) is 1.60. The van der Waals surface area contributed by atoms with Gasteiger partial charge in [0.15, 0.2) is 0 Å². The molecule has 1 rings (SSSR count). The average molecular weight is 217 g/mol. The van der Waals surface area contributed by atoms with Gasteiger partial charge in [-0.2, -0.15) is 0 Å². The van der Waals surface area contributed by atoms with Gasteiger partial charge in [0.25, 0.3) is 0 Å². The van der Waals surface area contributed by atoms with E-state index in [2.05, 4.69) is 20.9 Å². The van der Waals surface area contributed by atoms with E-state index in [0.29, 0.717) is 6.54 Å². The summed E-state index contributed by atoms with van der Waals surface area (Å²) in [6.45, 7) is 0.391. The van der Waals surface area contributed by atoms with Gasteiger partial charge < -0.3 is 10.5 Å². The second-order valence-electron chi connectivity index (χ2n) is 1.99. The van der Waals surface area contributed by atoms with Gasteiger partial charge >= 0.3 is 0 Å². The summed E-state index contributed by atoms with van der Waals surface area (Å²) < 4.78 is 5.80. The molecule has 0 amide bonds. The SMILES string of the molecule is COc1ccc(Br)nc1CN. The zero-order valence-corrected chi connectivity index (χ0v) is 7.76. The van der Waals surface area contributed by atoms with Crippen LogP contribution in [0.15, 0.2) is 16.7 Å². The summed E-state index contributed by atoms with van der Waals surface area (Å²) in [4.78, 5) is 4.13. The normalized spacial score (nSPS) is 9.73. The molecule has 0 radical (unpaired) electrons. The molecule has 0 saturated carbocycles. The lowest BCUT2D eigenvalue weighted by Crippen LogP contribution is -2.02. The molecule has 0 saturated heterocycles. The predicted molar refractivity (Wildman–Crippen MR) is 46.4 cm³/mol. The van der Waals surface area contributed by atoms with Gasteiger partial charge in [-0.1, -0.05) is 0 Å². The predicted octanol–water partition coefficient (Wildman–Crippen LogP) is 1.31. The number of methoxy groups -OCH3 is 1. The van der Waals surface area contributed by atoms with Crippen molar-refractivity contribution < 1.29 is 4.74 Å². The largest absolute Gasteiger partial charge is 0.495 e. The Hall–Kier alpha value is -0.610. The van der Waals surface area contributed by atoms with E-state index in [1.165, 1.54) is 0 Å². The Balaban J connectivity index is 3.06. The van der Waals surface area contributed by atoms with Gasteiger partial charge in [0.1, 0.15) is 10.4 Å². The lowest BCUT2D eigenvalue weighted by molar-refractivity contribution is 0.406. The number of nitrogens with two attached hydrogens (primary N) is 1. The third kappa shape index (κ3) is 1.91. The van der Waals surface area contributed by atoms with Gasteiger partial charge in [0.2, 0.25) is 0 Å². The molecule has 0 unspecified atom stereocenters. The van der Waals surface area contributed by atoms with E-state index in [9.17, 15) is 0 Å². The second kappa shape index (κ2) is 3.69. The molecule has 2 N–H and O–H groups in total. The first-order chi connectivity index (χ1) is 5.27. The number of halogens is 1. The summed E-state index contributed by atoms with van der Waals surface area (Å²) in [5.41, 5.74) is 6.20. The van der Waals surface area contributed by atoms with E-state index in [4.69, 9.17) is 10.5 Å². The number of hydrogen-bond acceptors (Lipinski definition) is 3. The van der Waals surface area contributed by atoms with Crippen LogP contribution in [0.2, 0.25) is 0 Å². The van der Waals surface area contributed by atoms with E-state index in [-0.39, 0.29) is 0 Å². The monoisotopic (exact) mass is 216 g/mol. The minimum Gasteiger partial charge on any atom is -0.495 e. The molecule has 1 aromatic rings. The third-order valence-corrected chi connectivity index (χ3v) is 1.75. The summed E-state index contributed by atoms with van der Waals surface area (Å²) in [5.74, 6) is 0.732. The topological polar surface area (TPSA) is 48.1 Å². The quantitative estimate of drug-likeness (QED) is 0.759. The van der Waals surface area contributed by atoms with E-state index < -0.39 is 0 Å². The van der Waals surface area contributed by atoms with Crippen LogP contribution in [-0.4, -0.2) is 12.1 Å². The highest BCUT2D eigenvalue weighted by Crippen LogP contribution is 2.18. The Morgan fingerprint density at radius 3 is 2.91 bits per heavy atom. The van der Waals surface area contributed by atoms with Crippen molar-refractivity contribution >= 4 is 15.9 Å². The molecular formula is C7H9BrN2O. The molecule has 0 fully saturated rings. The molecule has 0 spiro atoms. The van der Waals surface area contributed by atoms with Crippen LogP contribution < -0.4 is 10.5 Å². The molecule has 3 nitrogen and oxygen atoms in total. The van der Waals surface area contributed by atoms with Crippen molar-refractivity contribution in [3.05, 3.63) is 22.4 Å². The highest BCUT2D eigenvalue weighted by atomic mass is 79.9. The molecule has 0 aliphatic rings. The number of nitrogens with zero attached hydrogens (tertiary/aromatic N) is 1. The van der Waals surface area contributed by atoms with Gasteiger partial charge in [0, 0.05) is 6.54 Å². The molecular weight excluding hydrogens is 208 g/mol. The summed E-state index contributed by atoms with van der Waals surface area (Å²) in [5, 5.41) is 0. The molecule has 0 aliphatic carbocycles. The highest BCUT2D eigenvalue weighted by Gasteiger charge is 2.01. The molecule has 1 heterocycles. The standard InChI is InChI=1S/C7H9BrN2O/c1-11-6-2-3-7(8)10-5(6)4-9/h2-3H,4,9H2,1H3. The van der Waals surface area contributed by atoms with Crippen molar-refractivity contribution in [2.75, 3.05) is 7.11 Å². The molecule has 0 atom stereocenters. The Labute approximate surface area is 73.7 Å². The van der Waals surface area contributed by atoms with Crippen LogP contribution in [0.5, 0.6) is 5.75 Å². The number of rotatable bonds is 2. The summed E-state index contributed by atoms with van der Waals surface area (Å²) in [6.07, 6.45) is 0. The summed E-state index contributed by atoms with van der Waals surface area (Å²) in [6, 6.07) is 3.65. The van der Waals surface area contributed by atoms with E-state index in [0.717, 1.165) is 16.0 Å². The molecule has 60 valence electrons. The molecule has 1 aromatic heterocycles. The van der Waals surface area contributed by atoms with Crippen molar-refractivity contribution in [1.29, 1.82) is 0 Å².